The van der Waals surface area contributed by atoms with Gasteiger partial charge < -0.3 is 10.2 Å². The fraction of sp³-hybridized carbons (Fsp3) is 0.625. The molecule has 2 aliphatic rings. The van der Waals surface area contributed by atoms with Crippen molar-refractivity contribution in [3.8, 4) is 0 Å². The number of hydrogen-bond donors (Lipinski definition) is 1. The fourth-order valence-electron chi connectivity index (χ4n) is 3.60. The van der Waals surface area contributed by atoms with Crippen molar-refractivity contribution < 1.29 is 13.2 Å². The zero-order chi connectivity index (χ0) is 16.3. The molecule has 1 saturated carbocycles. The fourth-order valence-corrected chi connectivity index (χ4v) is 5.76. The van der Waals surface area contributed by atoms with Gasteiger partial charge in [-0.15, -0.1) is 0 Å². The number of nitrogens with one attached hydrogen (secondary N) is 1. The molecule has 6 nitrogen and oxygen atoms in total. The summed E-state index contributed by atoms with van der Waals surface area (Å²) in [5.74, 6) is 0.0790. The Morgan fingerprint density at radius 1 is 1.22 bits per heavy atom. The van der Waals surface area contributed by atoms with Gasteiger partial charge in [0.2, 0.25) is 0 Å². The summed E-state index contributed by atoms with van der Waals surface area (Å²) in [6, 6.07) is 3.52. The summed E-state index contributed by atoms with van der Waals surface area (Å²) in [7, 11) is -3.11. The standard InChI is InChI=1S/C16H23N3O3S/c20-15(18-12-14-4-8-17-9-5-14)19-10-11-23(21,22)16(13-19)6-2-1-3-7-16/h4-5,8-9H,1-3,6-7,10-13H2,(H,18,20). The van der Waals surface area contributed by atoms with E-state index in [-0.39, 0.29) is 18.3 Å². The molecule has 2 fully saturated rings. The van der Waals surface area contributed by atoms with Gasteiger partial charge in [-0.25, -0.2) is 13.2 Å². The molecule has 7 heteroatoms. The number of aromatic nitrogens is 1. The van der Waals surface area contributed by atoms with Crippen molar-refractivity contribution in [3.63, 3.8) is 0 Å². The molecule has 0 atom stereocenters. The molecule has 1 aromatic heterocycles. The number of rotatable bonds is 2. The molecule has 0 aromatic carbocycles. The van der Waals surface area contributed by atoms with Crippen molar-refractivity contribution in [2.75, 3.05) is 18.8 Å². The Morgan fingerprint density at radius 2 is 1.91 bits per heavy atom. The van der Waals surface area contributed by atoms with Crippen molar-refractivity contribution in [2.45, 2.75) is 43.4 Å². The number of pyridine rings is 1. The lowest BCUT2D eigenvalue weighted by Crippen LogP contribution is -2.59. The zero-order valence-electron chi connectivity index (χ0n) is 13.2. The summed E-state index contributed by atoms with van der Waals surface area (Å²) in [5, 5.41) is 2.88. The highest BCUT2D eigenvalue weighted by Gasteiger charge is 2.49. The molecule has 2 heterocycles. The average Bonchev–Trinajstić information content (AvgIpc) is 2.57. The Labute approximate surface area is 137 Å². The van der Waals surface area contributed by atoms with Gasteiger partial charge in [0.25, 0.3) is 0 Å². The molecule has 1 spiro atoms. The Morgan fingerprint density at radius 3 is 2.61 bits per heavy atom. The Kier molecular flexibility index (Phi) is 4.57. The number of amides is 2. The number of carbonyl (C=O) groups excluding carboxylic acids is 1. The van der Waals surface area contributed by atoms with Crippen LogP contribution in [0.25, 0.3) is 0 Å². The van der Waals surface area contributed by atoms with E-state index < -0.39 is 14.6 Å². The average molecular weight is 337 g/mol. The lowest BCUT2D eigenvalue weighted by atomic mass is 9.87. The van der Waals surface area contributed by atoms with Gasteiger partial charge in [-0.3, -0.25) is 4.98 Å². The van der Waals surface area contributed by atoms with E-state index in [4.69, 9.17) is 0 Å². The third-order valence-electron chi connectivity index (χ3n) is 5.01. The molecule has 1 N–H and O–H groups in total. The van der Waals surface area contributed by atoms with E-state index in [0.717, 1.165) is 24.8 Å². The van der Waals surface area contributed by atoms with Crippen molar-refractivity contribution in [1.82, 2.24) is 15.2 Å². The first kappa shape index (κ1) is 16.2. The molecular weight excluding hydrogens is 314 g/mol. The zero-order valence-corrected chi connectivity index (χ0v) is 14.0. The van der Waals surface area contributed by atoms with Crippen LogP contribution in [0.3, 0.4) is 0 Å². The first-order chi connectivity index (χ1) is 11.0. The van der Waals surface area contributed by atoms with E-state index >= 15 is 0 Å². The summed E-state index contributed by atoms with van der Waals surface area (Å²) in [5.41, 5.74) is 0.977. The maximum absolute atomic E-state index is 12.5. The highest BCUT2D eigenvalue weighted by molar-refractivity contribution is 7.92. The third kappa shape index (κ3) is 3.34. The lowest BCUT2D eigenvalue weighted by molar-refractivity contribution is 0.180. The summed E-state index contributed by atoms with van der Waals surface area (Å²) in [4.78, 5) is 18.0. The highest BCUT2D eigenvalue weighted by Crippen LogP contribution is 2.38. The van der Waals surface area contributed by atoms with Gasteiger partial charge in [-0.1, -0.05) is 19.3 Å². The SMILES string of the molecule is O=C(NCc1ccncc1)N1CCS(=O)(=O)C2(CCCCC2)C1. The van der Waals surface area contributed by atoms with E-state index in [0.29, 0.717) is 25.9 Å². The van der Waals surface area contributed by atoms with E-state index in [1.54, 1.807) is 17.3 Å². The summed E-state index contributed by atoms with van der Waals surface area (Å²) >= 11 is 0. The van der Waals surface area contributed by atoms with Crippen LogP contribution >= 0.6 is 0 Å². The molecule has 2 amide bonds. The molecule has 1 aliphatic carbocycles. The molecule has 23 heavy (non-hydrogen) atoms. The van der Waals surface area contributed by atoms with Crippen LogP contribution in [-0.2, 0) is 16.4 Å². The number of nitrogens with zero attached hydrogens (tertiary/aromatic N) is 2. The first-order valence-electron chi connectivity index (χ1n) is 8.16. The van der Waals surface area contributed by atoms with E-state index in [1.165, 1.54) is 0 Å². The summed E-state index contributed by atoms with van der Waals surface area (Å²) < 4.78 is 24.4. The van der Waals surface area contributed by atoms with Gasteiger partial charge in [-0.2, -0.15) is 0 Å². The van der Waals surface area contributed by atoms with Crippen LogP contribution in [0.2, 0.25) is 0 Å². The molecule has 0 unspecified atom stereocenters. The highest BCUT2D eigenvalue weighted by atomic mass is 32.2. The normalized spacial score (nSPS) is 22.7. The van der Waals surface area contributed by atoms with Gasteiger partial charge in [0.15, 0.2) is 9.84 Å². The Hall–Kier alpha value is -1.63. The van der Waals surface area contributed by atoms with Crippen LogP contribution in [0, 0.1) is 0 Å². The molecule has 3 rings (SSSR count). The van der Waals surface area contributed by atoms with Crippen LogP contribution in [-0.4, -0.2) is 47.9 Å². The van der Waals surface area contributed by atoms with Crippen molar-refractivity contribution >= 4 is 15.9 Å². The second-order valence-electron chi connectivity index (χ2n) is 6.50. The third-order valence-corrected chi connectivity index (χ3v) is 7.59. The molecule has 0 bridgehead atoms. The Balaban J connectivity index is 1.65. The molecular formula is C16H23N3O3S. The smallest absolute Gasteiger partial charge is 0.317 e. The van der Waals surface area contributed by atoms with Crippen molar-refractivity contribution in [2.24, 2.45) is 0 Å². The van der Waals surface area contributed by atoms with Gasteiger partial charge in [0.1, 0.15) is 0 Å². The maximum Gasteiger partial charge on any atom is 0.317 e. The van der Waals surface area contributed by atoms with Gasteiger partial charge in [0.05, 0.1) is 10.5 Å². The molecule has 1 aromatic rings. The predicted octanol–water partition coefficient (Wildman–Crippen LogP) is 1.72. The van der Waals surface area contributed by atoms with Crippen LogP contribution in [0.1, 0.15) is 37.7 Å². The van der Waals surface area contributed by atoms with Gasteiger partial charge in [-0.05, 0) is 30.5 Å². The minimum Gasteiger partial charge on any atom is -0.334 e. The second kappa shape index (κ2) is 6.47. The molecule has 1 aliphatic heterocycles. The summed E-state index contributed by atoms with van der Waals surface area (Å²) in [6.07, 6.45) is 7.70. The van der Waals surface area contributed by atoms with Crippen molar-refractivity contribution in [1.29, 1.82) is 0 Å². The first-order valence-corrected chi connectivity index (χ1v) is 9.82. The summed E-state index contributed by atoms with van der Waals surface area (Å²) in [6.45, 7) is 1.04. The number of sulfone groups is 1. The Bertz CT molecular complexity index is 654. The number of carbonyl (C=O) groups is 1. The van der Waals surface area contributed by atoms with Gasteiger partial charge in [0, 0.05) is 32.0 Å². The van der Waals surface area contributed by atoms with Crippen molar-refractivity contribution in [3.05, 3.63) is 30.1 Å². The monoisotopic (exact) mass is 337 g/mol. The van der Waals surface area contributed by atoms with E-state index in [9.17, 15) is 13.2 Å². The van der Waals surface area contributed by atoms with Crippen LogP contribution in [0.4, 0.5) is 4.79 Å². The number of hydrogen-bond acceptors (Lipinski definition) is 4. The van der Waals surface area contributed by atoms with Gasteiger partial charge >= 0.3 is 6.03 Å². The van der Waals surface area contributed by atoms with E-state index in [2.05, 4.69) is 10.3 Å². The second-order valence-corrected chi connectivity index (χ2v) is 9.00. The molecule has 1 saturated heterocycles. The maximum atomic E-state index is 12.5. The van der Waals surface area contributed by atoms with Crippen LogP contribution < -0.4 is 5.32 Å². The lowest BCUT2D eigenvalue weighted by Gasteiger charge is -2.44. The molecule has 0 radical (unpaired) electrons. The van der Waals surface area contributed by atoms with Crippen LogP contribution in [0.5, 0.6) is 0 Å². The predicted molar refractivity (Wildman–Crippen MR) is 87.6 cm³/mol. The largest absolute Gasteiger partial charge is 0.334 e. The number of urea groups is 1. The quantitative estimate of drug-likeness (QED) is 0.891. The minimum atomic E-state index is -3.11. The van der Waals surface area contributed by atoms with E-state index in [1.807, 2.05) is 12.1 Å². The topological polar surface area (TPSA) is 79.4 Å². The van der Waals surface area contributed by atoms with Crippen LogP contribution in [0.15, 0.2) is 24.5 Å². The minimum absolute atomic E-state index is 0.0790. The molecule has 126 valence electrons.